The largest absolute Gasteiger partial charge is 0.395 e. The maximum absolute atomic E-state index is 10.5. The molecule has 0 saturated carbocycles. The van der Waals surface area contributed by atoms with Gasteiger partial charge in [-0.05, 0) is 0 Å². The third kappa shape index (κ3) is 4.71. The number of aldehydes is 1. The number of nitrogens with zero attached hydrogens (tertiary/aromatic N) is 2. The van der Waals surface area contributed by atoms with Gasteiger partial charge in [-0.25, -0.2) is 0 Å². The summed E-state index contributed by atoms with van der Waals surface area (Å²) < 4.78 is 0. The second kappa shape index (κ2) is 5.70. The Balaban J connectivity index is 4.35. The molecule has 10 nitrogen and oxygen atoms in total. The first-order valence-electron chi connectivity index (χ1n) is 3.57. The molecule has 0 heterocycles. The van der Waals surface area contributed by atoms with Crippen molar-refractivity contribution in [1.29, 1.82) is 0 Å². The van der Waals surface area contributed by atoms with Crippen LogP contribution in [-0.4, -0.2) is 41.4 Å². The first kappa shape index (κ1) is 13.0. The zero-order valence-corrected chi connectivity index (χ0v) is 7.40. The van der Waals surface area contributed by atoms with Crippen molar-refractivity contribution in [2.24, 2.45) is 5.41 Å². The molecule has 0 aliphatic carbocycles. The molecule has 0 aromatic heterocycles. The Hall–Kier alpha value is -1.97. The molecular formula is C5H8N2O8. The Morgan fingerprint density at radius 3 is 1.80 bits per heavy atom. The summed E-state index contributed by atoms with van der Waals surface area (Å²) in [4.78, 5) is 37.9. The summed E-state index contributed by atoms with van der Waals surface area (Å²) in [5, 5.41) is 26.1. The summed E-state index contributed by atoms with van der Waals surface area (Å²) in [5.41, 5.74) is -1.81. The molecule has 0 spiro atoms. The Labute approximate surface area is 82.6 Å². The standard InChI is InChI=1S/C5H8N2O8/c8-1-5(2-9,3-14-6(10)11)4-15-7(12)13/h1,9H,2-4H2. The molecule has 10 heteroatoms. The first-order chi connectivity index (χ1) is 6.95. The molecule has 0 aromatic rings. The van der Waals surface area contributed by atoms with Crippen LogP contribution >= 0.6 is 0 Å². The van der Waals surface area contributed by atoms with Gasteiger partial charge in [0.25, 0.3) is 10.2 Å². The van der Waals surface area contributed by atoms with Crippen LogP contribution < -0.4 is 0 Å². The monoisotopic (exact) mass is 224 g/mol. The lowest BCUT2D eigenvalue weighted by atomic mass is 9.94. The molecule has 0 amide bonds. The predicted octanol–water partition coefficient (Wildman–Crippen LogP) is -1.42. The minimum atomic E-state index is -1.81. The molecule has 0 unspecified atom stereocenters. The third-order valence-corrected chi connectivity index (χ3v) is 1.48. The van der Waals surface area contributed by atoms with Crippen molar-refractivity contribution in [2.75, 3.05) is 19.8 Å². The summed E-state index contributed by atoms with van der Waals surface area (Å²) >= 11 is 0. The number of aliphatic hydroxyl groups excluding tert-OH is 1. The normalized spacial score (nSPS) is 10.5. The molecule has 0 aromatic carbocycles. The zero-order chi connectivity index (χ0) is 11.9. The lowest BCUT2D eigenvalue weighted by Crippen LogP contribution is -2.39. The summed E-state index contributed by atoms with van der Waals surface area (Å²) in [6.07, 6.45) is 0.111. The van der Waals surface area contributed by atoms with Crippen molar-refractivity contribution in [3.8, 4) is 0 Å². The van der Waals surface area contributed by atoms with E-state index in [0.717, 1.165) is 0 Å². The molecule has 0 atom stereocenters. The summed E-state index contributed by atoms with van der Waals surface area (Å²) in [7, 11) is 0. The highest BCUT2D eigenvalue weighted by molar-refractivity contribution is 5.59. The number of carbonyl (C=O) groups is 1. The van der Waals surface area contributed by atoms with Gasteiger partial charge in [0.15, 0.2) is 0 Å². The van der Waals surface area contributed by atoms with Crippen LogP contribution in [-0.2, 0) is 14.5 Å². The van der Waals surface area contributed by atoms with E-state index in [4.69, 9.17) is 5.11 Å². The molecule has 0 saturated heterocycles. The van der Waals surface area contributed by atoms with Crippen LogP contribution in [0.25, 0.3) is 0 Å². The molecular weight excluding hydrogens is 216 g/mol. The highest BCUT2D eigenvalue weighted by atomic mass is 17.0. The summed E-state index contributed by atoms with van der Waals surface area (Å²) in [6, 6.07) is 0. The van der Waals surface area contributed by atoms with Crippen molar-refractivity contribution >= 4 is 6.29 Å². The molecule has 0 aliphatic rings. The smallest absolute Gasteiger partial charge is 0.294 e. The van der Waals surface area contributed by atoms with Crippen molar-refractivity contribution < 1.29 is 29.7 Å². The van der Waals surface area contributed by atoms with E-state index >= 15 is 0 Å². The van der Waals surface area contributed by atoms with Gasteiger partial charge in [-0.1, -0.05) is 0 Å². The Bertz CT molecular complexity index is 235. The zero-order valence-electron chi connectivity index (χ0n) is 7.40. The van der Waals surface area contributed by atoms with Crippen LogP contribution in [0.4, 0.5) is 0 Å². The Morgan fingerprint density at radius 1 is 1.20 bits per heavy atom. The van der Waals surface area contributed by atoms with E-state index in [-0.39, 0.29) is 6.29 Å². The second-order valence-electron chi connectivity index (χ2n) is 2.63. The fourth-order valence-corrected chi connectivity index (χ4v) is 0.601. The molecule has 0 bridgehead atoms. The number of hydrogen-bond donors (Lipinski definition) is 1. The fourth-order valence-electron chi connectivity index (χ4n) is 0.601. The van der Waals surface area contributed by atoms with E-state index in [1.807, 2.05) is 0 Å². The number of hydrogen-bond acceptors (Lipinski definition) is 8. The molecule has 15 heavy (non-hydrogen) atoms. The quantitative estimate of drug-likeness (QED) is 0.300. The molecule has 1 N–H and O–H groups in total. The maximum atomic E-state index is 10.5. The van der Waals surface area contributed by atoms with E-state index in [1.54, 1.807) is 0 Å². The van der Waals surface area contributed by atoms with Crippen LogP contribution in [0, 0.1) is 25.6 Å². The average Bonchev–Trinajstić information content (AvgIpc) is 2.19. The van der Waals surface area contributed by atoms with Gasteiger partial charge in [0.05, 0.1) is 12.0 Å². The molecule has 0 radical (unpaired) electrons. The van der Waals surface area contributed by atoms with Crippen LogP contribution in [0.15, 0.2) is 0 Å². The lowest BCUT2D eigenvalue weighted by Gasteiger charge is -2.22. The minimum absolute atomic E-state index is 0.111. The molecule has 0 aliphatic heterocycles. The number of aliphatic hydroxyl groups is 1. The van der Waals surface area contributed by atoms with Gasteiger partial charge in [-0.3, -0.25) is 0 Å². The lowest BCUT2D eigenvalue weighted by molar-refractivity contribution is -0.770. The Morgan fingerprint density at radius 2 is 1.60 bits per heavy atom. The van der Waals surface area contributed by atoms with E-state index in [0.29, 0.717) is 0 Å². The van der Waals surface area contributed by atoms with Crippen LogP contribution in [0.5, 0.6) is 0 Å². The van der Waals surface area contributed by atoms with Crippen molar-refractivity contribution in [2.45, 2.75) is 0 Å². The van der Waals surface area contributed by atoms with E-state index in [2.05, 4.69) is 9.68 Å². The fraction of sp³-hybridized carbons (Fsp3) is 0.800. The maximum Gasteiger partial charge on any atom is 0.294 e. The van der Waals surface area contributed by atoms with Gasteiger partial charge >= 0.3 is 0 Å². The van der Waals surface area contributed by atoms with Crippen LogP contribution in [0.1, 0.15) is 0 Å². The van der Waals surface area contributed by atoms with Gasteiger partial charge in [-0.2, -0.15) is 0 Å². The van der Waals surface area contributed by atoms with E-state index in [9.17, 15) is 25.0 Å². The van der Waals surface area contributed by atoms with Crippen LogP contribution in [0.2, 0.25) is 0 Å². The molecule has 0 fully saturated rings. The molecule has 0 rings (SSSR count). The summed E-state index contributed by atoms with van der Waals surface area (Å²) in [5.74, 6) is 0. The van der Waals surface area contributed by atoms with Gasteiger partial charge in [-0.15, -0.1) is 20.2 Å². The number of carbonyl (C=O) groups excluding carboxylic acids is 1. The van der Waals surface area contributed by atoms with Gasteiger partial charge in [0, 0.05) is 0 Å². The van der Waals surface area contributed by atoms with Crippen molar-refractivity contribution in [1.82, 2.24) is 0 Å². The SMILES string of the molecule is O=CC(CO)(CO[N+](=O)[O-])CO[N+](=O)[O-]. The minimum Gasteiger partial charge on any atom is -0.395 e. The first-order valence-corrected chi connectivity index (χ1v) is 3.57. The second-order valence-corrected chi connectivity index (χ2v) is 2.63. The highest BCUT2D eigenvalue weighted by Gasteiger charge is 2.32. The molecule has 86 valence electrons. The van der Waals surface area contributed by atoms with Gasteiger partial charge in [0.2, 0.25) is 0 Å². The van der Waals surface area contributed by atoms with Crippen LogP contribution in [0.3, 0.4) is 0 Å². The Kier molecular flexibility index (Phi) is 4.95. The highest BCUT2D eigenvalue weighted by Crippen LogP contribution is 2.14. The predicted molar refractivity (Wildman–Crippen MR) is 41.5 cm³/mol. The van der Waals surface area contributed by atoms with E-state index in [1.165, 1.54) is 0 Å². The number of rotatable bonds is 8. The van der Waals surface area contributed by atoms with E-state index < -0.39 is 35.4 Å². The van der Waals surface area contributed by atoms with Gasteiger partial charge < -0.3 is 19.6 Å². The van der Waals surface area contributed by atoms with Crippen molar-refractivity contribution in [3.05, 3.63) is 20.2 Å². The third-order valence-electron chi connectivity index (χ3n) is 1.48. The van der Waals surface area contributed by atoms with Gasteiger partial charge in [0.1, 0.15) is 19.5 Å². The summed E-state index contributed by atoms with van der Waals surface area (Å²) in [6.45, 7) is -2.49. The topological polar surface area (TPSA) is 142 Å². The van der Waals surface area contributed by atoms with Crippen molar-refractivity contribution in [3.63, 3.8) is 0 Å². The average molecular weight is 224 g/mol.